The number of aromatic hydroxyl groups is 1. The Morgan fingerprint density at radius 3 is 2.18 bits per heavy atom. The van der Waals surface area contributed by atoms with Gasteiger partial charge in [-0.15, -0.1) is 0 Å². The van der Waals surface area contributed by atoms with Crippen LogP contribution in [0.1, 0.15) is 42.6 Å². The highest BCUT2D eigenvalue weighted by Crippen LogP contribution is 2.61. The third-order valence-corrected chi connectivity index (χ3v) is 11.3. The molecular weight excluding hydrogens is 679 g/mol. The third-order valence-electron chi connectivity index (χ3n) is 11.0. The molecule has 4 aliphatic rings. The van der Waals surface area contributed by atoms with E-state index in [1.54, 1.807) is 49.4 Å². The number of ether oxygens (including phenoxy) is 2. The van der Waals surface area contributed by atoms with Crippen LogP contribution in [0.15, 0.2) is 72.3 Å². The molecule has 0 aromatic heterocycles. The maximum Gasteiger partial charge on any atom is 0.241 e. The number of nitrogens with zero attached hydrogens (tertiary/aromatic N) is 2. The molecule has 4 amide bonds. The first-order valence-corrected chi connectivity index (χ1v) is 16.8. The Balaban J connectivity index is 1.33. The summed E-state index contributed by atoms with van der Waals surface area (Å²) < 4.78 is 24.8. The van der Waals surface area contributed by atoms with Crippen molar-refractivity contribution in [3.63, 3.8) is 0 Å². The van der Waals surface area contributed by atoms with Crippen LogP contribution in [0.4, 0.5) is 15.8 Å². The highest BCUT2D eigenvalue weighted by Gasteiger charge is 2.67. The van der Waals surface area contributed by atoms with Crippen molar-refractivity contribution in [2.45, 2.75) is 26.7 Å². The van der Waals surface area contributed by atoms with E-state index in [1.165, 1.54) is 33.3 Å². The van der Waals surface area contributed by atoms with Gasteiger partial charge in [0, 0.05) is 11.5 Å². The van der Waals surface area contributed by atoms with Gasteiger partial charge < -0.3 is 14.6 Å². The van der Waals surface area contributed by atoms with Crippen molar-refractivity contribution in [3.8, 4) is 17.2 Å². The molecule has 0 radical (unpaired) electrons. The average Bonchev–Trinajstić information content (AvgIpc) is 3.48. The van der Waals surface area contributed by atoms with Gasteiger partial charge in [-0.05, 0) is 92.8 Å². The van der Waals surface area contributed by atoms with Gasteiger partial charge in [-0.2, -0.15) is 0 Å². The monoisotopic (exact) mass is 712 g/mol. The van der Waals surface area contributed by atoms with Crippen molar-refractivity contribution in [1.29, 1.82) is 0 Å². The van der Waals surface area contributed by atoms with E-state index in [-0.39, 0.29) is 52.5 Å². The van der Waals surface area contributed by atoms with Gasteiger partial charge in [0.15, 0.2) is 17.3 Å². The summed E-state index contributed by atoms with van der Waals surface area (Å²) in [7, 11) is 2.81. The number of carbonyl (C=O) groups excluding carboxylic acids is 5. The Kier molecular flexibility index (Phi) is 8.37. The number of halogens is 2. The Labute approximate surface area is 298 Å². The van der Waals surface area contributed by atoms with Gasteiger partial charge in [-0.25, -0.2) is 9.29 Å². The smallest absolute Gasteiger partial charge is 0.241 e. The second-order valence-corrected chi connectivity index (χ2v) is 14.0. The molecule has 3 fully saturated rings. The van der Waals surface area contributed by atoms with E-state index in [9.17, 15) is 33.5 Å². The number of allylic oxidation sites excluding steroid dienone is 3. The Hall–Kier alpha value is -5.29. The molecule has 2 heterocycles. The molecule has 0 spiro atoms. The van der Waals surface area contributed by atoms with E-state index in [2.05, 4.69) is 0 Å². The van der Waals surface area contributed by atoms with Crippen LogP contribution in [-0.2, 0) is 19.2 Å². The number of phenols is 1. The number of benzene rings is 3. The van der Waals surface area contributed by atoms with Crippen LogP contribution >= 0.6 is 11.6 Å². The van der Waals surface area contributed by atoms with E-state index in [0.29, 0.717) is 16.8 Å². The number of hydrogen-bond donors (Lipinski definition) is 1. The summed E-state index contributed by atoms with van der Waals surface area (Å²) in [6, 6.07) is 13.2. The van der Waals surface area contributed by atoms with E-state index in [0.717, 1.165) is 21.4 Å². The minimum Gasteiger partial charge on any atom is -0.502 e. The number of rotatable bonds is 7. The average molecular weight is 713 g/mol. The van der Waals surface area contributed by atoms with Crippen LogP contribution in [-0.4, -0.2) is 48.7 Å². The van der Waals surface area contributed by atoms with E-state index in [1.807, 2.05) is 12.2 Å². The first-order chi connectivity index (χ1) is 24.3. The van der Waals surface area contributed by atoms with Crippen LogP contribution in [0.2, 0.25) is 5.02 Å². The standard InChI is InChI=1S/C39H34ClFN2O8/c1-19(44)21-6-8-22(9-7-21)42-35(46)25-12-11-24-26(33(25)37(42)48)18-28-36(47)43(23-10-14-30(41)29(40)17-23)38(49)39(28,2)27(24)13-5-20-15-31(50-3)34(45)32(16-20)51-4/h5-11,13-17,25-28,33,45H,12,18H2,1-4H3/t25-,26+,27-,28-,33-,39-/m0/s1. The maximum atomic E-state index is 14.5. The number of amides is 4. The molecule has 51 heavy (non-hydrogen) atoms. The molecule has 7 rings (SSSR count). The summed E-state index contributed by atoms with van der Waals surface area (Å²) in [5.74, 6) is -6.14. The van der Waals surface area contributed by atoms with Gasteiger partial charge in [0.2, 0.25) is 29.4 Å². The number of phenolic OH excluding ortho intramolecular Hbond substituents is 1. The molecule has 2 aliphatic carbocycles. The maximum absolute atomic E-state index is 14.5. The molecule has 262 valence electrons. The van der Waals surface area contributed by atoms with Crippen molar-refractivity contribution in [2.75, 3.05) is 24.0 Å². The first kappa shape index (κ1) is 34.2. The highest BCUT2D eigenvalue weighted by molar-refractivity contribution is 6.32. The van der Waals surface area contributed by atoms with Gasteiger partial charge >= 0.3 is 0 Å². The third kappa shape index (κ3) is 5.16. The quantitative estimate of drug-likeness (QED) is 0.170. The summed E-state index contributed by atoms with van der Waals surface area (Å²) in [6.07, 6.45) is 5.84. The molecule has 1 saturated carbocycles. The zero-order valence-electron chi connectivity index (χ0n) is 28.2. The minimum atomic E-state index is -1.33. The van der Waals surface area contributed by atoms with Gasteiger partial charge in [-0.1, -0.05) is 35.4 Å². The number of ketones is 1. The Bertz CT molecular complexity index is 2070. The van der Waals surface area contributed by atoms with Crippen molar-refractivity contribution >= 4 is 58.5 Å². The first-order valence-electron chi connectivity index (χ1n) is 16.5. The number of Topliss-reactive ketones (excluding diaryl/α,β-unsaturated/α-hetero) is 1. The molecule has 0 bridgehead atoms. The van der Waals surface area contributed by atoms with Gasteiger partial charge in [0.1, 0.15) is 5.82 Å². The highest BCUT2D eigenvalue weighted by atomic mass is 35.5. The second kappa shape index (κ2) is 12.5. The summed E-state index contributed by atoms with van der Waals surface area (Å²) in [4.78, 5) is 71.1. The SMILES string of the molecule is COc1cc(C=C[C@H]2C3=CC[C@@H]4C(=O)N(c5ccc(C(C)=O)cc5)C(=O)[C@@H]4[C@@H]3C[C@H]3C(=O)N(c4ccc(F)c(Cl)c4)C(=O)[C@@]23C)cc(OC)c1O. The number of carbonyl (C=O) groups is 5. The van der Waals surface area contributed by atoms with E-state index < -0.39 is 58.5 Å². The molecule has 6 atom stereocenters. The van der Waals surface area contributed by atoms with E-state index >= 15 is 0 Å². The summed E-state index contributed by atoms with van der Waals surface area (Å²) in [6.45, 7) is 3.16. The Morgan fingerprint density at radius 1 is 0.922 bits per heavy atom. The molecule has 2 aliphatic heterocycles. The molecule has 12 heteroatoms. The fourth-order valence-corrected chi connectivity index (χ4v) is 8.58. The number of hydrogen-bond acceptors (Lipinski definition) is 8. The minimum absolute atomic E-state index is 0.126. The number of imide groups is 2. The molecule has 3 aromatic rings. The molecular formula is C39H34ClFN2O8. The topological polar surface area (TPSA) is 131 Å². The van der Waals surface area contributed by atoms with Gasteiger partial charge in [-0.3, -0.25) is 28.9 Å². The summed E-state index contributed by atoms with van der Waals surface area (Å²) in [5.41, 5.74) is 0.932. The van der Waals surface area contributed by atoms with Gasteiger partial charge in [0.25, 0.3) is 0 Å². The fraction of sp³-hybridized carbons (Fsp3) is 0.308. The van der Waals surface area contributed by atoms with Crippen molar-refractivity contribution < 1.29 is 42.9 Å². The fourth-order valence-electron chi connectivity index (χ4n) is 8.41. The lowest BCUT2D eigenvalue weighted by atomic mass is 9.52. The number of anilines is 2. The Morgan fingerprint density at radius 2 is 1.57 bits per heavy atom. The lowest BCUT2D eigenvalue weighted by Crippen LogP contribution is -2.49. The second-order valence-electron chi connectivity index (χ2n) is 13.6. The van der Waals surface area contributed by atoms with Crippen LogP contribution in [0, 0.1) is 40.8 Å². The zero-order valence-corrected chi connectivity index (χ0v) is 28.9. The molecule has 0 unspecified atom stereocenters. The van der Waals surface area contributed by atoms with Crippen LogP contribution in [0.25, 0.3) is 6.08 Å². The van der Waals surface area contributed by atoms with Crippen molar-refractivity contribution in [2.24, 2.45) is 35.0 Å². The van der Waals surface area contributed by atoms with Crippen LogP contribution in [0.3, 0.4) is 0 Å². The summed E-state index contributed by atoms with van der Waals surface area (Å²) >= 11 is 6.09. The number of methoxy groups -OCH3 is 2. The van der Waals surface area contributed by atoms with E-state index in [4.69, 9.17) is 21.1 Å². The predicted molar refractivity (Wildman–Crippen MR) is 186 cm³/mol. The van der Waals surface area contributed by atoms with Crippen LogP contribution < -0.4 is 19.3 Å². The largest absolute Gasteiger partial charge is 0.502 e. The zero-order chi connectivity index (χ0) is 36.5. The lowest BCUT2D eigenvalue weighted by Gasteiger charge is -2.47. The van der Waals surface area contributed by atoms with Crippen molar-refractivity contribution in [3.05, 3.63) is 94.3 Å². The molecule has 10 nitrogen and oxygen atoms in total. The van der Waals surface area contributed by atoms with Crippen molar-refractivity contribution in [1.82, 2.24) is 0 Å². The lowest BCUT2D eigenvalue weighted by molar-refractivity contribution is -0.132. The summed E-state index contributed by atoms with van der Waals surface area (Å²) in [5, 5.41) is 10.2. The number of fused-ring (bicyclic) bond motifs is 4. The normalized spacial score (nSPS) is 27.0. The van der Waals surface area contributed by atoms with Gasteiger partial charge in [0.05, 0.1) is 53.8 Å². The molecule has 2 saturated heterocycles. The molecule has 1 N–H and O–H groups in total. The molecule has 3 aromatic carbocycles. The van der Waals surface area contributed by atoms with Crippen LogP contribution in [0.5, 0.6) is 17.2 Å². The predicted octanol–water partition coefficient (Wildman–Crippen LogP) is 6.39.